The molecule has 1 saturated heterocycles. The van der Waals surface area contributed by atoms with Crippen LogP contribution in [0.3, 0.4) is 0 Å². The normalized spacial score (nSPS) is 14.7. The van der Waals surface area contributed by atoms with E-state index in [2.05, 4.69) is 69.8 Å². The van der Waals surface area contributed by atoms with E-state index in [1.54, 1.807) is 18.3 Å². The van der Waals surface area contributed by atoms with Gasteiger partial charge < -0.3 is 14.8 Å². The molecule has 5 heterocycles. The highest BCUT2D eigenvalue weighted by Gasteiger charge is 2.15. The Morgan fingerprint density at radius 1 is 1.02 bits per heavy atom. The van der Waals surface area contributed by atoms with E-state index in [1.165, 1.54) is 31.5 Å². The van der Waals surface area contributed by atoms with Gasteiger partial charge >= 0.3 is 0 Å². The van der Waals surface area contributed by atoms with Gasteiger partial charge in [-0.2, -0.15) is 5.10 Å². The van der Waals surface area contributed by atoms with E-state index in [0.717, 1.165) is 99.6 Å². The number of rotatable bonds is 12. The predicted octanol–water partition coefficient (Wildman–Crippen LogP) is 5.97. The second-order valence-corrected chi connectivity index (χ2v) is 12.7. The van der Waals surface area contributed by atoms with Crippen LogP contribution in [0.25, 0.3) is 51.3 Å². The number of aromatic amines is 2. The van der Waals surface area contributed by atoms with Gasteiger partial charge in [0.2, 0.25) is 0 Å². The molecule has 0 atom stereocenters. The molecule has 0 aliphatic carbocycles. The van der Waals surface area contributed by atoms with Crippen LogP contribution >= 0.6 is 0 Å². The number of hydrogen-bond donors (Lipinski definition) is 2. The Morgan fingerprint density at radius 2 is 1.85 bits per heavy atom. The van der Waals surface area contributed by atoms with Crippen LogP contribution in [0.1, 0.15) is 49.3 Å². The van der Waals surface area contributed by atoms with Crippen molar-refractivity contribution >= 4 is 28.6 Å². The van der Waals surface area contributed by atoms with Gasteiger partial charge in [0.05, 0.1) is 16.7 Å². The SMILES string of the molecule is C=C(/C=c1/c(-c2cc3c(-c4cc(F)cc(CCCN5CCCC5)c4)nccc3[nH]2)n[nH]/c1=C/C)c1cncc(CCCN(C)C)c1. The molecular formula is C38H44FN7. The summed E-state index contributed by atoms with van der Waals surface area (Å²) in [5, 5.41) is 10.7. The monoisotopic (exact) mass is 617 g/mol. The molecule has 46 heavy (non-hydrogen) atoms. The first-order chi connectivity index (χ1) is 22.4. The van der Waals surface area contributed by atoms with Gasteiger partial charge in [0.15, 0.2) is 0 Å². The number of aromatic nitrogens is 5. The van der Waals surface area contributed by atoms with Crippen LogP contribution in [-0.2, 0) is 12.8 Å². The highest BCUT2D eigenvalue weighted by Crippen LogP contribution is 2.31. The minimum Gasteiger partial charge on any atom is -0.353 e. The van der Waals surface area contributed by atoms with Gasteiger partial charge in [-0.1, -0.05) is 12.7 Å². The summed E-state index contributed by atoms with van der Waals surface area (Å²) in [6, 6.07) is 11.5. The third-order valence-electron chi connectivity index (χ3n) is 8.85. The summed E-state index contributed by atoms with van der Waals surface area (Å²) in [5.74, 6) is -0.231. The van der Waals surface area contributed by atoms with Crippen molar-refractivity contribution in [2.45, 2.75) is 45.4 Å². The molecule has 7 nitrogen and oxygen atoms in total. The minimum absolute atomic E-state index is 0.231. The fourth-order valence-electron chi connectivity index (χ4n) is 6.45. The van der Waals surface area contributed by atoms with Crippen LogP contribution in [0.5, 0.6) is 0 Å². The van der Waals surface area contributed by atoms with E-state index in [0.29, 0.717) is 0 Å². The summed E-state index contributed by atoms with van der Waals surface area (Å²) in [4.78, 5) is 17.5. The smallest absolute Gasteiger partial charge is 0.124 e. The summed E-state index contributed by atoms with van der Waals surface area (Å²) < 4.78 is 14.9. The Morgan fingerprint density at radius 3 is 2.65 bits per heavy atom. The molecule has 5 aromatic rings. The summed E-state index contributed by atoms with van der Waals surface area (Å²) in [6.07, 6.45) is 16.1. The number of fused-ring (bicyclic) bond motifs is 1. The number of benzene rings is 1. The van der Waals surface area contributed by atoms with Crippen molar-refractivity contribution in [2.75, 3.05) is 40.3 Å². The van der Waals surface area contributed by atoms with Crippen LogP contribution in [0.4, 0.5) is 4.39 Å². The Balaban J connectivity index is 1.30. The summed E-state index contributed by atoms with van der Waals surface area (Å²) in [7, 11) is 4.19. The van der Waals surface area contributed by atoms with Gasteiger partial charge in [-0.05, 0) is 150 Å². The van der Waals surface area contributed by atoms with Gasteiger partial charge in [-0.3, -0.25) is 15.1 Å². The van der Waals surface area contributed by atoms with Crippen LogP contribution in [0.2, 0.25) is 0 Å². The van der Waals surface area contributed by atoms with Crippen LogP contribution < -0.4 is 10.6 Å². The fourth-order valence-corrected chi connectivity index (χ4v) is 6.45. The molecule has 0 spiro atoms. The number of halogens is 1. The van der Waals surface area contributed by atoms with E-state index in [4.69, 9.17) is 10.1 Å². The molecule has 0 amide bonds. The molecule has 1 fully saturated rings. The number of H-pyrrole nitrogens is 2. The van der Waals surface area contributed by atoms with Crippen LogP contribution in [-0.4, -0.2) is 75.2 Å². The molecule has 238 valence electrons. The lowest BCUT2D eigenvalue weighted by molar-refractivity contribution is 0.334. The molecule has 0 radical (unpaired) electrons. The predicted molar refractivity (Wildman–Crippen MR) is 187 cm³/mol. The molecule has 0 unspecified atom stereocenters. The van der Waals surface area contributed by atoms with Crippen molar-refractivity contribution in [3.63, 3.8) is 0 Å². The van der Waals surface area contributed by atoms with Gasteiger partial charge in [0.25, 0.3) is 0 Å². The Labute approximate surface area is 270 Å². The Bertz CT molecular complexity index is 1950. The maximum atomic E-state index is 14.9. The van der Waals surface area contributed by atoms with Gasteiger partial charge in [-0.25, -0.2) is 4.39 Å². The first-order valence-corrected chi connectivity index (χ1v) is 16.4. The van der Waals surface area contributed by atoms with Crippen molar-refractivity contribution in [1.82, 2.24) is 34.9 Å². The minimum atomic E-state index is -0.231. The van der Waals surface area contributed by atoms with Crippen molar-refractivity contribution in [1.29, 1.82) is 0 Å². The number of pyridine rings is 2. The van der Waals surface area contributed by atoms with Gasteiger partial charge in [0, 0.05) is 40.3 Å². The van der Waals surface area contributed by atoms with Crippen LogP contribution in [0, 0.1) is 5.82 Å². The van der Waals surface area contributed by atoms with Crippen LogP contribution in [0.15, 0.2) is 61.6 Å². The molecular weight excluding hydrogens is 573 g/mol. The zero-order valence-electron chi connectivity index (χ0n) is 27.2. The Hall–Kier alpha value is -4.40. The second kappa shape index (κ2) is 14.4. The van der Waals surface area contributed by atoms with E-state index < -0.39 is 0 Å². The fraction of sp³-hybridized carbons (Fsp3) is 0.342. The number of nitrogens with one attached hydrogen (secondary N) is 2. The quantitative estimate of drug-likeness (QED) is 0.180. The Kier molecular flexibility index (Phi) is 9.85. The highest BCUT2D eigenvalue weighted by molar-refractivity contribution is 5.96. The second-order valence-electron chi connectivity index (χ2n) is 12.7. The van der Waals surface area contributed by atoms with E-state index in [9.17, 15) is 4.39 Å². The average molecular weight is 618 g/mol. The molecule has 1 aromatic carbocycles. The first-order valence-electron chi connectivity index (χ1n) is 16.4. The van der Waals surface area contributed by atoms with Crippen molar-refractivity contribution in [3.05, 3.63) is 94.6 Å². The molecule has 0 bridgehead atoms. The number of nitrogens with zero attached hydrogens (tertiary/aromatic N) is 5. The highest BCUT2D eigenvalue weighted by atomic mass is 19.1. The molecule has 1 aliphatic heterocycles. The molecule has 2 N–H and O–H groups in total. The summed E-state index contributed by atoms with van der Waals surface area (Å²) >= 11 is 0. The van der Waals surface area contributed by atoms with Crippen molar-refractivity contribution in [3.8, 4) is 22.6 Å². The molecule has 6 rings (SSSR count). The van der Waals surface area contributed by atoms with Crippen molar-refractivity contribution in [2.24, 2.45) is 0 Å². The molecule has 1 aliphatic rings. The lowest BCUT2D eigenvalue weighted by atomic mass is 10.0. The number of allylic oxidation sites excluding steroid dienone is 1. The number of hydrogen-bond acceptors (Lipinski definition) is 5. The topological polar surface area (TPSA) is 76.7 Å². The number of aryl methyl sites for hydroxylation is 2. The maximum Gasteiger partial charge on any atom is 0.124 e. The first kappa shape index (κ1) is 31.6. The lowest BCUT2D eigenvalue weighted by Gasteiger charge is -2.14. The number of likely N-dealkylation sites (tertiary alicyclic amines) is 1. The lowest BCUT2D eigenvalue weighted by Crippen LogP contribution is -2.23. The van der Waals surface area contributed by atoms with E-state index >= 15 is 0 Å². The third kappa shape index (κ3) is 7.35. The molecule has 4 aromatic heterocycles. The van der Waals surface area contributed by atoms with Crippen molar-refractivity contribution < 1.29 is 4.39 Å². The molecule has 8 heteroatoms. The van der Waals surface area contributed by atoms with Gasteiger partial charge in [0.1, 0.15) is 11.5 Å². The summed E-state index contributed by atoms with van der Waals surface area (Å²) in [6.45, 7) is 10.8. The average Bonchev–Trinajstić information content (AvgIpc) is 3.80. The largest absolute Gasteiger partial charge is 0.353 e. The zero-order valence-corrected chi connectivity index (χ0v) is 27.2. The van der Waals surface area contributed by atoms with Gasteiger partial charge in [-0.15, -0.1) is 0 Å². The summed E-state index contributed by atoms with van der Waals surface area (Å²) in [5.41, 5.74) is 8.16. The van der Waals surface area contributed by atoms with E-state index in [1.807, 2.05) is 31.5 Å². The third-order valence-corrected chi connectivity index (χ3v) is 8.85. The van der Waals surface area contributed by atoms with E-state index in [-0.39, 0.29) is 5.82 Å². The maximum absolute atomic E-state index is 14.9. The molecule has 0 saturated carbocycles. The standard InChI is InChI=1S/C38H44FN7/c1-5-34-32(18-26(2)30-20-28(24-40-25-30)11-8-14-45(3)4)38(44-43-34)36-23-33-35(42-36)12-13-41-37(33)29-19-27(21-31(39)22-29)10-9-17-46-15-6-7-16-46/h5,12-13,18-25,42-43H,2,6-11,14-17H2,1,3-4H3/b32-18+,34-5+. The zero-order chi connectivity index (χ0) is 32.0.